The van der Waals surface area contributed by atoms with Gasteiger partial charge in [-0.3, -0.25) is 4.79 Å². The molecule has 0 spiro atoms. The maximum Gasteiger partial charge on any atom is 0.319 e. The standard InChI is InChI=1S/C17H25N3O3/c1-17(2,3)19-16(22)18-12-8-9-13(14(11-12)23-4)20-10-6-5-7-15(20)21/h8-9,11H,5-7,10H2,1-4H3,(H2,18,19,22). The number of urea groups is 1. The Labute approximate surface area is 137 Å². The Hall–Kier alpha value is -2.24. The van der Waals surface area contributed by atoms with Gasteiger partial charge in [-0.05, 0) is 45.7 Å². The summed E-state index contributed by atoms with van der Waals surface area (Å²) in [5.74, 6) is 0.689. The molecule has 2 N–H and O–H groups in total. The number of carbonyl (C=O) groups excluding carboxylic acids is 2. The smallest absolute Gasteiger partial charge is 0.319 e. The van der Waals surface area contributed by atoms with E-state index in [1.165, 1.54) is 0 Å². The van der Waals surface area contributed by atoms with Crippen molar-refractivity contribution in [3.63, 3.8) is 0 Å². The Morgan fingerprint density at radius 3 is 2.61 bits per heavy atom. The van der Waals surface area contributed by atoms with Gasteiger partial charge in [0, 0.05) is 30.3 Å². The number of methoxy groups -OCH3 is 1. The number of hydrogen-bond acceptors (Lipinski definition) is 3. The first-order chi connectivity index (χ1) is 10.8. The van der Waals surface area contributed by atoms with Crippen molar-refractivity contribution in [3.8, 4) is 5.75 Å². The third-order valence-electron chi connectivity index (χ3n) is 3.54. The van der Waals surface area contributed by atoms with Crippen LogP contribution in [-0.4, -0.2) is 31.1 Å². The van der Waals surface area contributed by atoms with E-state index in [0.29, 0.717) is 24.4 Å². The highest BCUT2D eigenvalue weighted by Gasteiger charge is 2.23. The molecule has 0 aromatic heterocycles. The Bertz CT molecular complexity index is 593. The van der Waals surface area contributed by atoms with Crippen LogP contribution >= 0.6 is 0 Å². The van der Waals surface area contributed by atoms with Crippen molar-refractivity contribution in [2.24, 2.45) is 0 Å². The topological polar surface area (TPSA) is 70.7 Å². The average molecular weight is 319 g/mol. The third-order valence-corrected chi connectivity index (χ3v) is 3.54. The van der Waals surface area contributed by atoms with Gasteiger partial charge >= 0.3 is 6.03 Å². The molecule has 1 aromatic rings. The minimum absolute atomic E-state index is 0.112. The minimum atomic E-state index is -0.311. The van der Waals surface area contributed by atoms with E-state index in [2.05, 4.69) is 10.6 Å². The van der Waals surface area contributed by atoms with E-state index in [4.69, 9.17) is 4.74 Å². The van der Waals surface area contributed by atoms with Crippen LogP contribution in [0.1, 0.15) is 40.0 Å². The number of nitrogens with zero attached hydrogens (tertiary/aromatic N) is 1. The molecule has 126 valence electrons. The zero-order valence-corrected chi connectivity index (χ0v) is 14.2. The molecule has 0 bridgehead atoms. The predicted molar refractivity (Wildman–Crippen MR) is 91.1 cm³/mol. The summed E-state index contributed by atoms with van der Waals surface area (Å²) in [6, 6.07) is 5.05. The fraction of sp³-hybridized carbons (Fsp3) is 0.529. The van der Waals surface area contributed by atoms with Crippen LogP contribution in [-0.2, 0) is 4.79 Å². The van der Waals surface area contributed by atoms with Crippen molar-refractivity contribution >= 4 is 23.3 Å². The fourth-order valence-corrected chi connectivity index (χ4v) is 2.54. The third kappa shape index (κ3) is 4.61. The highest BCUT2D eigenvalue weighted by molar-refractivity contribution is 5.96. The first-order valence-corrected chi connectivity index (χ1v) is 7.88. The number of ether oxygens (including phenoxy) is 1. The highest BCUT2D eigenvalue weighted by atomic mass is 16.5. The molecule has 0 radical (unpaired) electrons. The number of piperidine rings is 1. The van der Waals surface area contributed by atoms with Crippen LogP contribution in [0.25, 0.3) is 0 Å². The van der Waals surface area contributed by atoms with Gasteiger partial charge in [0.2, 0.25) is 5.91 Å². The van der Waals surface area contributed by atoms with E-state index >= 15 is 0 Å². The van der Waals surface area contributed by atoms with Gasteiger partial charge in [-0.2, -0.15) is 0 Å². The van der Waals surface area contributed by atoms with Crippen molar-refractivity contribution in [2.75, 3.05) is 23.9 Å². The molecule has 0 atom stereocenters. The molecular formula is C17H25N3O3. The molecule has 6 nitrogen and oxygen atoms in total. The van der Waals surface area contributed by atoms with Crippen molar-refractivity contribution in [1.82, 2.24) is 5.32 Å². The van der Waals surface area contributed by atoms with Gasteiger partial charge in [0.25, 0.3) is 0 Å². The van der Waals surface area contributed by atoms with Crippen molar-refractivity contribution in [1.29, 1.82) is 0 Å². The van der Waals surface area contributed by atoms with E-state index in [9.17, 15) is 9.59 Å². The van der Waals surface area contributed by atoms with Crippen molar-refractivity contribution < 1.29 is 14.3 Å². The molecule has 1 heterocycles. The van der Waals surface area contributed by atoms with Crippen LogP contribution in [0.3, 0.4) is 0 Å². The van der Waals surface area contributed by atoms with E-state index in [0.717, 1.165) is 18.5 Å². The number of nitrogens with one attached hydrogen (secondary N) is 2. The first-order valence-electron chi connectivity index (χ1n) is 7.88. The van der Waals surface area contributed by atoms with Gasteiger partial charge in [-0.15, -0.1) is 0 Å². The van der Waals surface area contributed by atoms with Gasteiger partial charge in [-0.25, -0.2) is 4.79 Å². The maximum absolute atomic E-state index is 12.1. The Kier molecular flexibility index (Phi) is 5.13. The van der Waals surface area contributed by atoms with Crippen molar-refractivity contribution in [2.45, 2.75) is 45.6 Å². The average Bonchev–Trinajstić information content (AvgIpc) is 2.46. The van der Waals surface area contributed by atoms with E-state index in [-0.39, 0.29) is 17.5 Å². The number of benzene rings is 1. The molecule has 0 unspecified atom stereocenters. The molecule has 1 saturated heterocycles. The number of amides is 3. The summed E-state index contributed by atoms with van der Waals surface area (Å²) in [5.41, 5.74) is 1.06. The monoisotopic (exact) mass is 319 g/mol. The lowest BCUT2D eigenvalue weighted by Gasteiger charge is -2.28. The molecule has 0 aliphatic carbocycles. The van der Waals surface area contributed by atoms with E-state index < -0.39 is 0 Å². The number of rotatable bonds is 3. The molecule has 1 aliphatic rings. The molecule has 1 aromatic carbocycles. The lowest BCUT2D eigenvalue weighted by Crippen LogP contribution is -2.43. The Morgan fingerprint density at radius 1 is 1.26 bits per heavy atom. The SMILES string of the molecule is COc1cc(NC(=O)NC(C)(C)C)ccc1N1CCCCC1=O. The zero-order valence-electron chi connectivity index (χ0n) is 14.2. The number of hydrogen-bond donors (Lipinski definition) is 2. The first kappa shape index (κ1) is 17.1. The fourth-order valence-electron chi connectivity index (χ4n) is 2.54. The summed E-state index contributed by atoms with van der Waals surface area (Å²) in [7, 11) is 1.56. The quantitative estimate of drug-likeness (QED) is 0.899. The molecule has 1 aliphatic heterocycles. The summed E-state index contributed by atoms with van der Waals surface area (Å²) in [4.78, 5) is 25.8. The van der Waals surface area contributed by atoms with Crippen LogP contribution in [0.5, 0.6) is 5.75 Å². The summed E-state index contributed by atoms with van der Waals surface area (Å²) in [5, 5.41) is 5.62. The Morgan fingerprint density at radius 2 is 2.00 bits per heavy atom. The van der Waals surface area contributed by atoms with Crippen LogP contribution in [0, 0.1) is 0 Å². The second-order valence-corrected chi connectivity index (χ2v) is 6.72. The predicted octanol–water partition coefficient (Wildman–Crippen LogP) is 3.13. The number of anilines is 2. The van der Waals surface area contributed by atoms with Gasteiger partial charge < -0.3 is 20.3 Å². The largest absolute Gasteiger partial charge is 0.494 e. The Balaban J connectivity index is 2.16. The lowest BCUT2D eigenvalue weighted by atomic mass is 10.1. The molecule has 3 amide bonds. The molecule has 23 heavy (non-hydrogen) atoms. The summed E-state index contributed by atoms with van der Waals surface area (Å²) in [6.07, 6.45) is 2.49. The summed E-state index contributed by atoms with van der Waals surface area (Å²) >= 11 is 0. The molecule has 2 rings (SSSR count). The van der Waals surface area contributed by atoms with Gasteiger partial charge in [-0.1, -0.05) is 0 Å². The zero-order chi connectivity index (χ0) is 17.0. The normalized spacial score (nSPS) is 15.3. The lowest BCUT2D eigenvalue weighted by molar-refractivity contribution is -0.119. The number of carbonyl (C=O) groups is 2. The van der Waals surface area contributed by atoms with Gasteiger partial charge in [0.1, 0.15) is 5.75 Å². The van der Waals surface area contributed by atoms with E-state index in [1.807, 2.05) is 26.8 Å². The van der Waals surface area contributed by atoms with Crippen LogP contribution in [0.4, 0.5) is 16.2 Å². The molecule has 0 saturated carbocycles. The highest BCUT2D eigenvalue weighted by Crippen LogP contribution is 2.33. The summed E-state index contributed by atoms with van der Waals surface area (Å²) < 4.78 is 5.40. The molecular weight excluding hydrogens is 294 g/mol. The maximum atomic E-state index is 12.1. The van der Waals surface area contributed by atoms with E-state index in [1.54, 1.807) is 24.1 Å². The second-order valence-electron chi connectivity index (χ2n) is 6.72. The van der Waals surface area contributed by atoms with Crippen molar-refractivity contribution in [3.05, 3.63) is 18.2 Å². The summed E-state index contributed by atoms with van der Waals surface area (Å²) in [6.45, 7) is 6.45. The molecule has 6 heteroatoms. The van der Waals surface area contributed by atoms with Gasteiger partial charge in [0.05, 0.1) is 12.8 Å². The van der Waals surface area contributed by atoms with Gasteiger partial charge in [0.15, 0.2) is 0 Å². The van der Waals surface area contributed by atoms with Crippen LogP contribution < -0.4 is 20.3 Å². The van der Waals surface area contributed by atoms with Crippen LogP contribution in [0.2, 0.25) is 0 Å². The minimum Gasteiger partial charge on any atom is -0.494 e. The van der Waals surface area contributed by atoms with Crippen LogP contribution in [0.15, 0.2) is 18.2 Å². The molecule has 1 fully saturated rings. The second kappa shape index (κ2) is 6.89.